The summed E-state index contributed by atoms with van der Waals surface area (Å²) in [5, 5.41) is 4.09. The minimum atomic E-state index is -0.505. The van der Waals surface area contributed by atoms with Gasteiger partial charge in [0, 0.05) is 30.6 Å². The molecule has 0 amide bonds. The number of rotatable bonds is 5. The molecule has 0 saturated heterocycles. The number of ketones is 1. The van der Waals surface area contributed by atoms with Crippen LogP contribution in [0.1, 0.15) is 39.7 Å². The summed E-state index contributed by atoms with van der Waals surface area (Å²) in [7, 11) is 1.87. The number of aromatic nitrogens is 2. The zero-order valence-electron chi connectivity index (χ0n) is 11.4. The van der Waals surface area contributed by atoms with Crippen LogP contribution in [0.2, 0.25) is 0 Å². The number of hydrogen-bond acceptors (Lipinski definition) is 3. The highest BCUT2D eigenvalue weighted by Gasteiger charge is 2.39. The highest BCUT2D eigenvalue weighted by atomic mass is 16.1. The quantitative estimate of drug-likeness (QED) is 0.847. The van der Waals surface area contributed by atoms with Gasteiger partial charge < -0.3 is 5.73 Å². The lowest BCUT2D eigenvalue weighted by Gasteiger charge is -2.37. The molecule has 0 aliphatic rings. The fourth-order valence-electron chi connectivity index (χ4n) is 1.53. The van der Waals surface area contributed by atoms with E-state index in [4.69, 9.17) is 5.73 Å². The van der Waals surface area contributed by atoms with Gasteiger partial charge in [-0.25, -0.2) is 0 Å². The third kappa shape index (κ3) is 3.16. The van der Waals surface area contributed by atoms with Crippen molar-refractivity contribution in [1.29, 1.82) is 0 Å². The second kappa shape index (κ2) is 4.61. The average molecular weight is 237 g/mol. The number of Topliss-reactive ketones (excluding diaryl/α,β-unsaturated/α-hetero) is 1. The van der Waals surface area contributed by atoms with Gasteiger partial charge in [0.25, 0.3) is 0 Å². The van der Waals surface area contributed by atoms with Crippen LogP contribution in [0.25, 0.3) is 0 Å². The largest absolute Gasteiger partial charge is 0.325 e. The van der Waals surface area contributed by atoms with Gasteiger partial charge in [0.15, 0.2) is 0 Å². The molecule has 0 unspecified atom stereocenters. The van der Waals surface area contributed by atoms with Crippen molar-refractivity contribution in [2.75, 3.05) is 0 Å². The lowest BCUT2D eigenvalue weighted by molar-refractivity contribution is -0.129. The Bertz CT molecular complexity index is 399. The number of carbonyl (C=O) groups is 1. The molecule has 2 N–H and O–H groups in total. The Kier molecular flexibility index (Phi) is 3.77. The molecular weight excluding hydrogens is 214 g/mol. The standard InChI is InChI=1S/C13H23N3O/c1-12(2,13(3,4)14)11(17)7-6-10-8-15-16(5)9-10/h8-9H,6-7,14H2,1-5H3. The molecule has 4 heteroatoms. The van der Waals surface area contributed by atoms with Crippen molar-refractivity contribution >= 4 is 5.78 Å². The Morgan fingerprint density at radius 1 is 1.41 bits per heavy atom. The van der Waals surface area contributed by atoms with Gasteiger partial charge in [-0.05, 0) is 25.8 Å². The van der Waals surface area contributed by atoms with E-state index < -0.39 is 11.0 Å². The molecule has 0 radical (unpaired) electrons. The molecule has 1 heterocycles. The van der Waals surface area contributed by atoms with E-state index in [0.29, 0.717) is 6.42 Å². The minimum Gasteiger partial charge on any atom is -0.325 e. The van der Waals surface area contributed by atoms with E-state index in [1.807, 2.05) is 40.9 Å². The molecule has 0 aliphatic heterocycles. The summed E-state index contributed by atoms with van der Waals surface area (Å²) in [5.74, 6) is 0.203. The molecule has 1 rings (SSSR count). The van der Waals surface area contributed by atoms with E-state index in [1.165, 1.54) is 0 Å². The SMILES string of the molecule is Cn1cc(CCC(=O)C(C)(C)C(C)(C)N)cn1. The normalized spacial score (nSPS) is 12.8. The van der Waals surface area contributed by atoms with Gasteiger partial charge in [0.05, 0.1) is 6.20 Å². The van der Waals surface area contributed by atoms with Crippen LogP contribution in [0.15, 0.2) is 12.4 Å². The van der Waals surface area contributed by atoms with Crippen molar-refractivity contribution in [3.63, 3.8) is 0 Å². The average Bonchev–Trinajstić information content (AvgIpc) is 2.58. The Balaban J connectivity index is 2.61. The third-order valence-corrected chi connectivity index (χ3v) is 3.71. The Morgan fingerprint density at radius 2 is 2.00 bits per heavy atom. The minimum absolute atomic E-state index is 0.203. The van der Waals surface area contributed by atoms with Crippen molar-refractivity contribution < 1.29 is 4.79 Å². The maximum Gasteiger partial charge on any atom is 0.140 e. The van der Waals surface area contributed by atoms with Gasteiger partial charge in [0.1, 0.15) is 5.78 Å². The van der Waals surface area contributed by atoms with Gasteiger partial charge in [-0.2, -0.15) is 5.10 Å². The van der Waals surface area contributed by atoms with Crippen LogP contribution in [0.3, 0.4) is 0 Å². The maximum atomic E-state index is 12.2. The first kappa shape index (κ1) is 13.9. The summed E-state index contributed by atoms with van der Waals surface area (Å²) >= 11 is 0. The molecule has 0 aromatic carbocycles. The third-order valence-electron chi connectivity index (χ3n) is 3.71. The van der Waals surface area contributed by atoms with Crippen LogP contribution in [0.5, 0.6) is 0 Å². The Labute approximate surface area is 103 Å². The fourth-order valence-corrected chi connectivity index (χ4v) is 1.53. The molecule has 17 heavy (non-hydrogen) atoms. The molecule has 0 spiro atoms. The smallest absolute Gasteiger partial charge is 0.140 e. The number of nitrogens with two attached hydrogens (primary N) is 1. The fraction of sp³-hybridized carbons (Fsp3) is 0.692. The zero-order valence-corrected chi connectivity index (χ0v) is 11.4. The number of aryl methyl sites for hydroxylation is 2. The van der Waals surface area contributed by atoms with E-state index >= 15 is 0 Å². The Morgan fingerprint density at radius 3 is 2.41 bits per heavy atom. The van der Waals surface area contributed by atoms with Gasteiger partial charge in [0.2, 0.25) is 0 Å². The van der Waals surface area contributed by atoms with Crippen LogP contribution in [0.4, 0.5) is 0 Å². The highest BCUT2D eigenvalue weighted by molar-refractivity contribution is 5.85. The number of nitrogens with zero attached hydrogens (tertiary/aromatic N) is 2. The van der Waals surface area contributed by atoms with Crippen LogP contribution < -0.4 is 5.73 Å². The molecule has 0 fully saturated rings. The summed E-state index contributed by atoms with van der Waals surface area (Å²) in [6.07, 6.45) is 4.98. The van der Waals surface area contributed by atoms with Crippen molar-refractivity contribution in [3.05, 3.63) is 18.0 Å². The second-order valence-electron chi connectivity index (χ2n) is 5.79. The van der Waals surface area contributed by atoms with Gasteiger partial charge >= 0.3 is 0 Å². The summed E-state index contributed by atoms with van der Waals surface area (Å²) in [4.78, 5) is 12.2. The van der Waals surface area contributed by atoms with E-state index in [0.717, 1.165) is 12.0 Å². The number of carbonyl (C=O) groups excluding carboxylic acids is 1. The Hall–Kier alpha value is -1.16. The summed E-state index contributed by atoms with van der Waals surface area (Å²) in [6.45, 7) is 7.63. The first-order valence-corrected chi connectivity index (χ1v) is 5.94. The van der Waals surface area contributed by atoms with Crippen molar-refractivity contribution in [2.24, 2.45) is 18.2 Å². The topological polar surface area (TPSA) is 60.9 Å². The lowest BCUT2D eigenvalue weighted by Crippen LogP contribution is -2.51. The van der Waals surface area contributed by atoms with E-state index in [1.54, 1.807) is 10.9 Å². The summed E-state index contributed by atoms with van der Waals surface area (Å²) in [6, 6.07) is 0. The number of hydrogen-bond donors (Lipinski definition) is 1. The van der Waals surface area contributed by atoms with E-state index in [2.05, 4.69) is 5.10 Å². The van der Waals surface area contributed by atoms with E-state index in [9.17, 15) is 4.79 Å². The van der Waals surface area contributed by atoms with Crippen LogP contribution in [-0.4, -0.2) is 21.1 Å². The molecule has 0 atom stereocenters. The summed E-state index contributed by atoms with van der Waals surface area (Å²) in [5.41, 5.74) is 6.13. The second-order valence-corrected chi connectivity index (χ2v) is 5.79. The predicted molar refractivity (Wildman–Crippen MR) is 68.6 cm³/mol. The van der Waals surface area contributed by atoms with Crippen LogP contribution in [-0.2, 0) is 18.3 Å². The van der Waals surface area contributed by atoms with Crippen LogP contribution >= 0.6 is 0 Å². The predicted octanol–water partition coefficient (Wildman–Crippen LogP) is 1.69. The highest BCUT2D eigenvalue weighted by Crippen LogP contribution is 2.30. The van der Waals surface area contributed by atoms with Crippen molar-refractivity contribution in [3.8, 4) is 0 Å². The molecule has 0 aliphatic carbocycles. The molecular formula is C13H23N3O. The van der Waals surface area contributed by atoms with Gasteiger partial charge in [-0.15, -0.1) is 0 Å². The van der Waals surface area contributed by atoms with Crippen molar-refractivity contribution in [1.82, 2.24) is 9.78 Å². The molecule has 1 aromatic heterocycles. The zero-order chi connectivity index (χ0) is 13.3. The maximum absolute atomic E-state index is 12.2. The molecule has 0 bridgehead atoms. The van der Waals surface area contributed by atoms with Gasteiger partial charge in [-0.3, -0.25) is 9.48 Å². The molecule has 1 aromatic rings. The lowest BCUT2D eigenvalue weighted by atomic mass is 9.71. The molecule has 4 nitrogen and oxygen atoms in total. The first-order valence-electron chi connectivity index (χ1n) is 5.94. The molecule has 96 valence electrons. The van der Waals surface area contributed by atoms with Crippen LogP contribution in [0, 0.1) is 5.41 Å². The summed E-state index contributed by atoms with van der Waals surface area (Å²) < 4.78 is 1.75. The van der Waals surface area contributed by atoms with E-state index in [-0.39, 0.29) is 5.78 Å². The van der Waals surface area contributed by atoms with Crippen molar-refractivity contribution in [2.45, 2.75) is 46.1 Å². The van der Waals surface area contributed by atoms with Gasteiger partial charge in [-0.1, -0.05) is 13.8 Å². The molecule has 0 saturated carbocycles. The monoisotopic (exact) mass is 237 g/mol. The first-order chi connectivity index (χ1) is 7.64.